The van der Waals surface area contributed by atoms with Crippen molar-refractivity contribution in [2.24, 2.45) is 0 Å². The number of hydroxylamine groups is 3. The third-order valence-electron chi connectivity index (χ3n) is 3.60. The van der Waals surface area contributed by atoms with Crippen LogP contribution in [0.25, 0.3) is 0 Å². The van der Waals surface area contributed by atoms with Crippen LogP contribution in [0.5, 0.6) is 0 Å². The second kappa shape index (κ2) is 10.9. The Morgan fingerprint density at radius 3 is 2.00 bits per heavy atom. The van der Waals surface area contributed by atoms with E-state index >= 15 is 0 Å². The first-order valence-corrected chi connectivity index (χ1v) is 8.98. The van der Waals surface area contributed by atoms with Crippen molar-refractivity contribution in [3.8, 4) is 0 Å². The van der Waals surface area contributed by atoms with Gasteiger partial charge in [-0.1, -0.05) is 39.0 Å². The Labute approximate surface area is 116 Å². The maximum atomic E-state index is 12.0. The first kappa shape index (κ1) is 18.1. The topological polar surface area (TPSA) is 40.1 Å². The Balaban J connectivity index is 3.54. The molecular formula is C14H31NO2S. The number of rotatable bonds is 12. The fraction of sp³-hybridized carbons (Fsp3) is 1.00. The van der Waals surface area contributed by atoms with Crippen molar-refractivity contribution >= 4 is 10.8 Å². The Hall–Kier alpha value is 0.0700. The molecule has 0 heterocycles. The summed E-state index contributed by atoms with van der Waals surface area (Å²) >= 11 is 0. The number of hydrogen-bond donors (Lipinski definition) is 0. The lowest BCUT2D eigenvalue weighted by Gasteiger charge is -2.40. The smallest absolute Gasteiger partial charge is 0.0900 e. The van der Waals surface area contributed by atoms with Crippen LogP contribution in [0.2, 0.25) is 0 Å². The maximum absolute atomic E-state index is 12.0. The molecule has 0 spiro atoms. The third-order valence-corrected chi connectivity index (χ3v) is 4.99. The van der Waals surface area contributed by atoms with Crippen LogP contribution >= 0.6 is 0 Å². The Bertz CT molecular complexity index is 218. The van der Waals surface area contributed by atoms with Gasteiger partial charge >= 0.3 is 0 Å². The van der Waals surface area contributed by atoms with E-state index in [1.807, 2.05) is 13.8 Å². The van der Waals surface area contributed by atoms with Gasteiger partial charge in [0.25, 0.3) is 0 Å². The van der Waals surface area contributed by atoms with E-state index in [1.54, 1.807) is 0 Å². The largest absolute Gasteiger partial charge is 0.633 e. The molecule has 110 valence electrons. The van der Waals surface area contributed by atoms with Crippen LogP contribution in [0.4, 0.5) is 0 Å². The molecule has 0 bridgehead atoms. The fourth-order valence-electron chi connectivity index (χ4n) is 1.95. The van der Waals surface area contributed by atoms with Crippen LogP contribution < -0.4 is 0 Å². The minimum atomic E-state index is -0.793. The number of nitrogens with zero attached hydrogens (tertiary/aromatic N) is 1. The molecule has 0 aliphatic heterocycles. The summed E-state index contributed by atoms with van der Waals surface area (Å²) in [6.07, 6.45) is 7.37. The third kappa shape index (κ3) is 9.06. The van der Waals surface area contributed by atoms with Crippen molar-refractivity contribution in [3.05, 3.63) is 5.21 Å². The lowest BCUT2D eigenvalue weighted by Crippen LogP contribution is -2.44. The highest BCUT2D eigenvalue weighted by atomic mass is 32.2. The van der Waals surface area contributed by atoms with Crippen molar-refractivity contribution in [3.63, 3.8) is 0 Å². The van der Waals surface area contributed by atoms with Gasteiger partial charge in [0.15, 0.2) is 0 Å². The van der Waals surface area contributed by atoms with E-state index in [1.165, 1.54) is 32.1 Å². The van der Waals surface area contributed by atoms with Gasteiger partial charge < -0.3 is 9.85 Å². The van der Waals surface area contributed by atoms with Crippen LogP contribution in [-0.2, 0) is 10.8 Å². The predicted octanol–water partition coefficient (Wildman–Crippen LogP) is 3.45. The van der Waals surface area contributed by atoms with Crippen molar-refractivity contribution in [2.75, 3.05) is 31.1 Å². The van der Waals surface area contributed by atoms with Crippen molar-refractivity contribution in [2.45, 2.75) is 59.3 Å². The average molecular weight is 277 g/mol. The van der Waals surface area contributed by atoms with Crippen molar-refractivity contribution in [1.29, 1.82) is 0 Å². The minimum absolute atomic E-state index is 0.192. The van der Waals surface area contributed by atoms with Crippen LogP contribution in [-0.4, -0.2) is 40.0 Å². The van der Waals surface area contributed by atoms with Gasteiger partial charge in [-0.15, -0.1) is 0 Å². The second-order valence-electron chi connectivity index (χ2n) is 5.03. The molecule has 0 N–H and O–H groups in total. The maximum Gasteiger partial charge on any atom is 0.0900 e. The van der Waals surface area contributed by atoms with Crippen molar-refractivity contribution < 1.29 is 8.86 Å². The van der Waals surface area contributed by atoms with Gasteiger partial charge in [-0.05, 0) is 20.3 Å². The van der Waals surface area contributed by atoms with Crippen LogP contribution in [0.15, 0.2) is 0 Å². The number of hydrogen-bond acceptors (Lipinski definition) is 2. The highest BCUT2D eigenvalue weighted by molar-refractivity contribution is 7.84. The molecule has 0 radical (unpaired) electrons. The molecular weight excluding hydrogens is 246 g/mol. The first-order chi connectivity index (χ1) is 8.58. The molecule has 0 aromatic carbocycles. The SMILES string of the molecule is CCCCCCCCS(=O)CC[N+]([O-])(CC)CC. The molecule has 4 heteroatoms. The summed E-state index contributed by atoms with van der Waals surface area (Å²) in [4.78, 5) is 0. The summed E-state index contributed by atoms with van der Waals surface area (Å²) in [6, 6.07) is 0. The molecule has 0 aliphatic rings. The molecule has 18 heavy (non-hydrogen) atoms. The zero-order valence-electron chi connectivity index (χ0n) is 12.5. The molecule has 0 aromatic rings. The van der Waals surface area contributed by atoms with Gasteiger partial charge in [0.05, 0.1) is 25.4 Å². The lowest BCUT2D eigenvalue weighted by atomic mass is 10.1. The van der Waals surface area contributed by atoms with E-state index in [0.29, 0.717) is 25.4 Å². The van der Waals surface area contributed by atoms with Crippen molar-refractivity contribution in [1.82, 2.24) is 0 Å². The highest BCUT2D eigenvalue weighted by Crippen LogP contribution is 2.07. The monoisotopic (exact) mass is 277 g/mol. The molecule has 0 rings (SSSR count). The van der Waals surface area contributed by atoms with Crippen LogP contribution in [0.3, 0.4) is 0 Å². The Kier molecular flexibility index (Phi) is 11.0. The van der Waals surface area contributed by atoms with Crippen LogP contribution in [0, 0.1) is 5.21 Å². The highest BCUT2D eigenvalue weighted by Gasteiger charge is 2.12. The molecule has 0 fully saturated rings. The van der Waals surface area contributed by atoms with E-state index in [0.717, 1.165) is 12.2 Å². The number of unbranched alkanes of at least 4 members (excludes halogenated alkanes) is 5. The van der Waals surface area contributed by atoms with Crippen LogP contribution in [0.1, 0.15) is 59.3 Å². The zero-order valence-corrected chi connectivity index (χ0v) is 13.3. The zero-order chi connectivity index (χ0) is 13.9. The summed E-state index contributed by atoms with van der Waals surface area (Å²) in [6.45, 7) is 7.72. The Morgan fingerprint density at radius 1 is 0.889 bits per heavy atom. The summed E-state index contributed by atoms with van der Waals surface area (Å²) in [5.74, 6) is 1.35. The quantitative estimate of drug-likeness (QED) is 0.311. The van der Waals surface area contributed by atoms with E-state index in [4.69, 9.17) is 0 Å². The predicted molar refractivity (Wildman–Crippen MR) is 80.8 cm³/mol. The average Bonchev–Trinajstić information content (AvgIpc) is 2.40. The van der Waals surface area contributed by atoms with Gasteiger partial charge in [0.2, 0.25) is 0 Å². The first-order valence-electron chi connectivity index (χ1n) is 7.50. The van der Waals surface area contributed by atoms with Gasteiger partial charge in [-0.3, -0.25) is 4.21 Å². The molecule has 0 saturated carbocycles. The molecule has 0 aliphatic carbocycles. The standard InChI is InChI=1S/C14H31NO2S/c1-4-7-8-9-10-11-13-18(17)14-12-15(16,5-2)6-3/h4-14H2,1-3H3. The molecule has 3 nitrogen and oxygen atoms in total. The minimum Gasteiger partial charge on any atom is -0.633 e. The molecule has 0 amide bonds. The summed E-state index contributed by atoms with van der Waals surface area (Å²) in [7, 11) is -0.793. The second-order valence-corrected chi connectivity index (χ2v) is 6.73. The number of quaternary nitrogens is 1. The van der Waals surface area contributed by atoms with Gasteiger partial charge in [-0.2, -0.15) is 0 Å². The van der Waals surface area contributed by atoms with Gasteiger partial charge in [-0.25, -0.2) is 0 Å². The van der Waals surface area contributed by atoms with E-state index in [2.05, 4.69) is 6.92 Å². The fourth-order valence-corrected chi connectivity index (χ4v) is 3.22. The molecule has 0 saturated heterocycles. The molecule has 1 unspecified atom stereocenters. The lowest BCUT2D eigenvalue weighted by molar-refractivity contribution is -0.874. The van der Waals surface area contributed by atoms with E-state index in [-0.39, 0.29) is 4.65 Å². The summed E-state index contributed by atoms with van der Waals surface area (Å²) < 4.78 is 11.6. The van der Waals surface area contributed by atoms with Gasteiger partial charge in [0, 0.05) is 16.6 Å². The molecule has 1 atom stereocenters. The molecule has 0 aromatic heterocycles. The van der Waals surface area contributed by atoms with E-state index < -0.39 is 10.8 Å². The van der Waals surface area contributed by atoms with E-state index in [9.17, 15) is 9.42 Å². The van der Waals surface area contributed by atoms with Gasteiger partial charge in [0.1, 0.15) is 0 Å². The Morgan fingerprint density at radius 2 is 1.44 bits per heavy atom. The normalized spacial score (nSPS) is 13.8. The summed E-state index contributed by atoms with van der Waals surface area (Å²) in [5, 5.41) is 12.0. The summed E-state index contributed by atoms with van der Waals surface area (Å²) in [5.41, 5.74) is 0.